The van der Waals surface area contributed by atoms with Gasteiger partial charge < -0.3 is 9.64 Å². The standard InChI is InChI=1S/C12H13FN2O3/c1-18-12(17)10-3-2-4-15(10)11-5-8(7-16)9(13)6-14-11/h5-7,10H,2-4H2,1H3. The Bertz CT molecular complexity index is 478. The third-order valence-corrected chi connectivity index (χ3v) is 3.02. The molecule has 2 rings (SSSR count). The number of aromatic nitrogens is 1. The highest BCUT2D eigenvalue weighted by Crippen LogP contribution is 2.25. The summed E-state index contributed by atoms with van der Waals surface area (Å²) < 4.78 is 17.9. The topological polar surface area (TPSA) is 59.5 Å². The van der Waals surface area contributed by atoms with Gasteiger partial charge in [0, 0.05) is 6.54 Å². The lowest BCUT2D eigenvalue weighted by atomic mass is 10.2. The Morgan fingerprint density at radius 1 is 1.67 bits per heavy atom. The number of ether oxygens (including phenoxy) is 1. The van der Waals surface area contributed by atoms with Crippen molar-refractivity contribution in [1.82, 2.24) is 4.98 Å². The van der Waals surface area contributed by atoms with Crippen LogP contribution in [0, 0.1) is 5.82 Å². The summed E-state index contributed by atoms with van der Waals surface area (Å²) in [5.41, 5.74) is -0.0597. The SMILES string of the molecule is COC(=O)C1CCCN1c1cc(C=O)c(F)cn1. The second-order valence-corrected chi connectivity index (χ2v) is 4.06. The van der Waals surface area contributed by atoms with E-state index in [9.17, 15) is 14.0 Å². The molecule has 1 unspecified atom stereocenters. The number of aldehydes is 1. The molecular formula is C12H13FN2O3. The molecule has 0 N–H and O–H groups in total. The van der Waals surface area contributed by atoms with Gasteiger partial charge in [0.25, 0.3) is 0 Å². The maximum Gasteiger partial charge on any atom is 0.328 e. The lowest BCUT2D eigenvalue weighted by molar-refractivity contribution is -0.141. The first-order valence-corrected chi connectivity index (χ1v) is 5.62. The Labute approximate surface area is 104 Å². The summed E-state index contributed by atoms with van der Waals surface area (Å²) in [6.45, 7) is 0.636. The van der Waals surface area contributed by atoms with Crippen molar-refractivity contribution in [2.45, 2.75) is 18.9 Å². The Morgan fingerprint density at radius 2 is 2.44 bits per heavy atom. The fourth-order valence-corrected chi connectivity index (χ4v) is 2.11. The average molecular weight is 252 g/mol. The van der Waals surface area contributed by atoms with E-state index in [1.807, 2.05) is 0 Å². The van der Waals surface area contributed by atoms with Crippen molar-refractivity contribution < 1.29 is 18.7 Å². The fourth-order valence-electron chi connectivity index (χ4n) is 2.11. The zero-order valence-corrected chi connectivity index (χ0v) is 9.93. The number of methoxy groups -OCH3 is 1. The molecule has 0 saturated carbocycles. The summed E-state index contributed by atoms with van der Waals surface area (Å²) in [6.07, 6.45) is 2.92. The molecule has 18 heavy (non-hydrogen) atoms. The van der Waals surface area contributed by atoms with Crippen LogP contribution in [0.4, 0.5) is 10.2 Å². The van der Waals surface area contributed by atoms with Crippen molar-refractivity contribution in [1.29, 1.82) is 0 Å². The first-order valence-electron chi connectivity index (χ1n) is 5.62. The molecule has 0 spiro atoms. The summed E-state index contributed by atoms with van der Waals surface area (Å²) in [5.74, 6) is -0.583. The summed E-state index contributed by atoms with van der Waals surface area (Å²) >= 11 is 0. The second-order valence-electron chi connectivity index (χ2n) is 4.06. The van der Waals surface area contributed by atoms with Gasteiger partial charge in [-0.3, -0.25) is 4.79 Å². The molecule has 0 radical (unpaired) electrons. The van der Waals surface area contributed by atoms with E-state index in [4.69, 9.17) is 4.74 Å². The number of hydrogen-bond donors (Lipinski definition) is 0. The van der Waals surface area contributed by atoms with Crippen molar-refractivity contribution >= 4 is 18.1 Å². The van der Waals surface area contributed by atoms with Crippen molar-refractivity contribution in [3.05, 3.63) is 23.6 Å². The predicted octanol–water partition coefficient (Wildman–Crippen LogP) is 1.17. The molecule has 1 aliphatic rings. The van der Waals surface area contributed by atoms with Crippen molar-refractivity contribution in [2.75, 3.05) is 18.6 Å². The van der Waals surface area contributed by atoms with Crippen LogP contribution in [-0.4, -0.2) is 36.9 Å². The number of anilines is 1. The quantitative estimate of drug-likeness (QED) is 0.597. The summed E-state index contributed by atoms with van der Waals surface area (Å²) in [7, 11) is 1.33. The van der Waals surface area contributed by atoms with Crippen LogP contribution in [0.1, 0.15) is 23.2 Å². The molecule has 1 aromatic rings. The van der Waals surface area contributed by atoms with Gasteiger partial charge in [-0.2, -0.15) is 0 Å². The number of carbonyl (C=O) groups excluding carboxylic acids is 2. The smallest absolute Gasteiger partial charge is 0.328 e. The van der Waals surface area contributed by atoms with Crippen molar-refractivity contribution in [3.8, 4) is 0 Å². The third-order valence-electron chi connectivity index (χ3n) is 3.02. The predicted molar refractivity (Wildman–Crippen MR) is 62.0 cm³/mol. The first kappa shape index (κ1) is 12.5. The van der Waals surface area contributed by atoms with Gasteiger partial charge >= 0.3 is 5.97 Å². The van der Waals surface area contributed by atoms with E-state index in [0.29, 0.717) is 25.1 Å². The van der Waals surface area contributed by atoms with E-state index in [0.717, 1.165) is 12.6 Å². The zero-order chi connectivity index (χ0) is 13.1. The van der Waals surface area contributed by atoms with Crippen molar-refractivity contribution in [2.24, 2.45) is 0 Å². The molecule has 0 aliphatic carbocycles. The van der Waals surface area contributed by atoms with Gasteiger partial charge in [0.15, 0.2) is 12.1 Å². The molecule has 0 amide bonds. The van der Waals surface area contributed by atoms with Crippen LogP contribution < -0.4 is 4.90 Å². The van der Waals surface area contributed by atoms with E-state index in [1.165, 1.54) is 13.2 Å². The largest absolute Gasteiger partial charge is 0.467 e. The molecule has 0 aromatic carbocycles. The van der Waals surface area contributed by atoms with Crippen LogP contribution in [0.25, 0.3) is 0 Å². The van der Waals surface area contributed by atoms with Gasteiger partial charge in [0.2, 0.25) is 0 Å². The molecule has 6 heteroatoms. The molecule has 1 atom stereocenters. The maximum absolute atomic E-state index is 13.2. The van der Waals surface area contributed by atoms with Gasteiger partial charge in [0.05, 0.1) is 18.9 Å². The van der Waals surface area contributed by atoms with E-state index >= 15 is 0 Å². The summed E-state index contributed by atoms with van der Waals surface area (Å²) in [5, 5.41) is 0. The van der Waals surface area contributed by atoms with Crippen LogP contribution in [-0.2, 0) is 9.53 Å². The molecule has 96 valence electrons. The maximum atomic E-state index is 13.2. The minimum Gasteiger partial charge on any atom is -0.467 e. The van der Waals surface area contributed by atoms with Crippen molar-refractivity contribution in [3.63, 3.8) is 0 Å². The zero-order valence-electron chi connectivity index (χ0n) is 9.93. The summed E-state index contributed by atoms with van der Waals surface area (Å²) in [6, 6.07) is 0.941. The molecule has 5 nitrogen and oxygen atoms in total. The number of hydrogen-bond acceptors (Lipinski definition) is 5. The normalized spacial score (nSPS) is 18.8. The van der Waals surface area contributed by atoms with E-state index in [-0.39, 0.29) is 11.5 Å². The van der Waals surface area contributed by atoms with Crippen LogP contribution in [0.3, 0.4) is 0 Å². The highest BCUT2D eigenvalue weighted by atomic mass is 19.1. The summed E-state index contributed by atoms with van der Waals surface area (Å²) in [4.78, 5) is 27.9. The number of esters is 1. The number of halogens is 1. The monoisotopic (exact) mass is 252 g/mol. The minimum atomic E-state index is -0.664. The number of pyridine rings is 1. The van der Waals surface area contributed by atoms with Gasteiger partial charge in [-0.15, -0.1) is 0 Å². The van der Waals surface area contributed by atoms with Crippen LogP contribution in [0.2, 0.25) is 0 Å². The fraction of sp³-hybridized carbons (Fsp3) is 0.417. The van der Waals surface area contributed by atoms with Crippen LogP contribution >= 0.6 is 0 Å². The number of nitrogens with zero attached hydrogens (tertiary/aromatic N) is 2. The third kappa shape index (κ3) is 2.18. The lowest BCUT2D eigenvalue weighted by Crippen LogP contribution is -2.37. The molecule has 2 heterocycles. The number of carbonyl (C=O) groups is 2. The molecule has 1 aromatic heterocycles. The number of rotatable bonds is 3. The molecule has 1 fully saturated rings. The van der Waals surface area contributed by atoms with Gasteiger partial charge in [-0.1, -0.05) is 0 Å². The van der Waals surface area contributed by atoms with Gasteiger partial charge in [-0.25, -0.2) is 14.2 Å². The van der Waals surface area contributed by atoms with E-state index < -0.39 is 11.9 Å². The Morgan fingerprint density at radius 3 is 3.11 bits per heavy atom. The Balaban J connectivity index is 2.30. The van der Waals surface area contributed by atoms with E-state index in [2.05, 4.69) is 4.98 Å². The van der Waals surface area contributed by atoms with Gasteiger partial charge in [-0.05, 0) is 18.9 Å². The Hall–Kier alpha value is -1.98. The second kappa shape index (κ2) is 5.12. The Kier molecular flexibility index (Phi) is 3.55. The lowest BCUT2D eigenvalue weighted by Gasteiger charge is -2.23. The van der Waals surface area contributed by atoms with E-state index in [1.54, 1.807) is 4.90 Å². The van der Waals surface area contributed by atoms with Crippen LogP contribution in [0.15, 0.2) is 12.3 Å². The minimum absolute atomic E-state index is 0.0597. The molecule has 1 aliphatic heterocycles. The molecule has 1 saturated heterocycles. The highest BCUT2D eigenvalue weighted by molar-refractivity contribution is 5.81. The molecule has 0 bridgehead atoms. The highest BCUT2D eigenvalue weighted by Gasteiger charge is 2.32. The average Bonchev–Trinajstić information content (AvgIpc) is 2.87. The molecular weight excluding hydrogens is 239 g/mol. The first-order chi connectivity index (χ1) is 8.67. The van der Waals surface area contributed by atoms with Gasteiger partial charge in [0.1, 0.15) is 11.9 Å². The van der Waals surface area contributed by atoms with Crippen LogP contribution in [0.5, 0.6) is 0 Å².